The van der Waals surface area contributed by atoms with Crippen molar-refractivity contribution in [1.29, 1.82) is 0 Å². The van der Waals surface area contributed by atoms with Crippen molar-refractivity contribution in [1.82, 2.24) is 5.32 Å². The van der Waals surface area contributed by atoms with Crippen molar-refractivity contribution >= 4 is 35.2 Å². The predicted molar refractivity (Wildman–Crippen MR) is 128 cm³/mol. The highest BCUT2D eigenvalue weighted by Crippen LogP contribution is 2.37. The van der Waals surface area contributed by atoms with Gasteiger partial charge in [0.2, 0.25) is 0 Å². The van der Waals surface area contributed by atoms with E-state index in [1.54, 1.807) is 24.3 Å². The number of para-hydroxylation sites is 1. The van der Waals surface area contributed by atoms with E-state index in [4.69, 9.17) is 4.74 Å². The van der Waals surface area contributed by atoms with Crippen LogP contribution in [0.5, 0.6) is 0 Å². The number of thioether (sulfide) groups is 1. The molecule has 0 aliphatic carbocycles. The number of ether oxygens (including phenoxy) is 1. The number of fused-ring (bicyclic) bond motifs is 1. The van der Waals surface area contributed by atoms with Crippen LogP contribution in [0, 0.1) is 6.92 Å². The lowest BCUT2D eigenvalue weighted by atomic mass is 10.1. The Morgan fingerprint density at radius 1 is 0.970 bits per heavy atom. The van der Waals surface area contributed by atoms with E-state index in [9.17, 15) is 14.4 Å². The van der Waals surface area contributed by atoms with Gasteiger partial charge < -0.3 is 15.4 Å². The quantitative estimate of drug-likeness (QED) is 0.518. The lowest BCUT2D eigenvalue weighted by molar-refractivity contribution is -0.146. The third kappa shape index (κ3) is 5.81. The molecule has 0 bridgehead atoms. The smallest absolute Gasteiger partial charge is 0.320 e. The monoisotopic (exact) mass is 460 g/mol. The van der Waals surface area contributed by atoms with Gasteiger partial charge in [-0.25, -0.2) is 0 Å². The fourth-order valence-electron chi connectivity index (χ4n) is 3.50. The first-order valence-corrected chi connectivity index (χ1v) is 11.5. The van der Waals surface area contributed by atoms with Gasteiger partial charge in [0.05, 0.1) is 11.3 Å². The molecule has 0 saturated heterocycles. The predicted octanol–water partition coefficient (Wildman–Crippen LogP) is 4.12. The van der Waals surface area contributed by atoms with Crippen molar-refractivity contribution in [3.63, 3.8) is 0 Å². The largest absolute Gasteiger partial charge is 0.455 e. The molecule has 168 valence electrons. The standard InChI is InChI=1S/C26H24N2O4S/c1-17-10-12-18(13-11-17)15-27-25(30)20-7-3-4-8-21(20)28-24(29)16-32-26(31)23-14-19-6-2-5-9-22(19)33-23/h2-13,23H,14-16H2,1H3,(H,27,30)(H,28,29). The summed E-state index contributed by atoms with van der Waals surface area (Å²) in [7, 11) is 0. The molecule has 7 heteroatoms. The van der Waals surface area contributed by atoms with Gasteiger partial charge in [-0.3, -0.25) is 14.4 Å². The van der Waals surface area contributed by atoms with Gasteiger partial charge in [0.1, 0.15) is 5.25 Å². The molecule has 0 saturated carbocycles. The molecule has 6 nitrogen and oxygen atoms in total. The number of esters is 1. The highest BCUT2D eigenvalue weighted by Gasteiger charge is 2.29. The molecule has 2 amide bonds. The van der Waals surface area contributed by atoms with Crippen molar-refractivity contribution in [3.8, 4) is 0 Å². The summed E-state index contributed by atoms with van der Waals surface area (Å²) in [6.07, 6.45) is 0.589. The minimum Gasteiger partial charge on any atom is -0.455 e. The Kier molecular flexibility index (Phi) is 7.10. The third-order valence-electron chi connectivity index (χ3n) is 5.28. The van der Waals surface area contributed by atoms with Crippen LogP contribution in [-0.2, 0) is 27.3 Å². The van der Waals surface area contributed by atoms with E-state index in [1.807, 2.05) is 55.5 Å². The number of carbonyl (C=O) groups is 3. The number of carbonyl (C=O) groups excluding carboxylic acids is 3. The van der Waals surface area contributed by atoms with Crippen molar-refractivity contribution in [3.05, 3.63) is 95.1 Å². The first kappa shape index (κ1) is 22.6. The molecule has 33 heavy (non-hydrogen) atoms. The fraction of sp³-hybridized carbons (Fsp3) is 0.192. The molecule has 0 aromatic heterocycles. The number of hydrogen-bond acceptors (Lipinski definition) is 5. The van der Waals surface area contributed by atoms with Gasteiger partial charge in [0.15, 0.2) is 6.61 Å². The van der Waals surface area contributed by atoms with E-state index in [0.29, 0.717) is 24.2 Å². The van der Waals surface area contributed by atoms with E-state index in [1.165, 1.54) is 11.8 Å². The van der Waals surface area contributed by atoms with Crippen LogP contribution in [0.4, 0.5) is 5.69 Å². The number of benzene rings is 3. The first-order chi connectivity index (χ1) is 16.0. The van der Waals surface area contributed by atoms with Crippen LogP contribution in [0.15, 0.2) is 77.7 Å². The summed E-state index contributed by atoms with van der Waals surface area (Å²) in [5.41, 5.74) is 3.94. The summed E-state index contributed by atoms with van der Waals surface area (Å²) < 4.78 is 5.23. The van der Waals surface area contributed by atoms with Crippen LogP contribution in [-0.4, -0.2) is 29.6 Å². The van der Waals surface area contributed by atoms with Crippen LogP contribution < -0.4 is 10.6 Å². The Balaban J connectivity index is 1.30. The SMILES string of the molecule is Cc1ccc(CNC(=O)c2ccccc2NC(=O)COC(=O)C2Cc3ccccc3S2)cc1. The Morgan fingerprint density at radius 3 is 2.48 bits per heavy atom. The second-order valence-corrected chi connectivity index (χ2v) is 9.03. The van der Waals surface area contributed by atoms with Crippen molar-refractivity contribution in [2.75, 3.05) is 11.9 Å². The molecule has 0 fully saturated rings. The van der Waals surface area contributed by atoms with Crippen LogP contribution >= 0.6 is 11.8 Å². The number of nitrogens with one attached hydrogen (secondary N) is 2. The van der Waals surface area contributed by atoms with Gasteiger partial charge in [-0.05, 0) is 42.7 Å². The molecule has 4 rings (SSSR count). The van der Waals surface area contributed by atoms with Gasteiger partial charge in [0.25, 0.3) is 11.8 Å². The van der Waals surface area contributed by atoms with E-state index >= 15 is 0 Å². The third-order valence-corrected chi connectivity index (χ3v) is 6.57. The highest BCUT2D eigenvalue weighted by atomic mass is 32.2. The molecular formula is C26H24N2O4S. The molecule has 0 radical (unpaired) electrons. The zero-order valence-electron chi connectivity index (χ0n) is 18.2. The van der Waals surface area contributed by atoms with E-state index in [-0.39, 0.29) is 11.2 Å². The lowest BCUT2D eigenvalue weighted by Crippen LogP contribution is -2.28. The molecule has 1 aliphatic rings. The molecule has 1 aliphatic heterocycles. The highest BCUT2D eigenvalue weighted by molar-refractivity contribution is 8.01. The number of hydrogen-bond donors (Lipinski definition) is 2. The van der Waals surface area contributed by atoms with Gasteiger partial charge in [-0.1, -0.05) is 60.2 Å². The molecule has 2 N–H and O–H groups in total. The van der Waals surface area contributed by atoms with E-state index < -0.39 is 18.5 Å². The first-order valence-electron chi connectivity index (χ1n) is 10.6. The minimum absolute atomic E-state index is 0.302. The van der Waals surface area contributed by atoms with Crippen LogP contribution in [0.1, 0.15) is 27.0 Å². The maximum Gasteiger partial charge on any atom is 0.320 e. The van der Waals surface area contributed by atoms with Crippen molar-refractivity contribution in [2.24, 2.45) is 0 Å². The number of aryl methyl sites for hydroxylation is 1. The Morgan fingerprint density at radius 2 is 1.70 bits per heavy atom. The minimum atomic E-state index is -0.498. The molecular weight excluding hydrogens is 436 g/mol. The normalized spacial score (nSPS) is 14.3. The van der Waals surface area contributed by atoms with Crippen molar-refractivity contribution < 1.29 is 19.1 Å². The summed E-state index contributed by atoms with van der Waals surface area (Å²) >= 11 is 1.45. The zero-order chi connectivity index (χ0) is 23.2. The second-order valence-electron chi connectivity index (χ2n) is 7.79. The summed E-state index contributed by atoms with van der Waals surface area (Å²) in [4.78, 5) is 38.6. The number of rotatable bonds is 7. The molecule has 1 unspecified atom stereocenters. The molecule has 0 spiro atoms. The Hall–Kier alpha value is -3.58. The Labute approximate surface area is 196 Å². The maximum atomic E-state index is 12.7. The molecule has 3 aromatic rings. The van der Waals surface area contributed by atoms with Crippen LogP contribution in [0.25, 0.3) is 0 Å². The summed E-state index contributed by atoms with van der Waals surface area (Å²) in [5, 5.41) is 5.19. The lowest BCUT2D eigenvalue weighted by Gasteiger charge is -2.13. The Bertz CT molecular complexity index is 1150. The van der Waals surface area contributed by atoms with E-state index in [0.717, 1.165) is 21.6 Å². The number of anilines is 1. The molecule has 3 aromatic carbocycles. The van der Waals surface area contributed by atoms with Gasteiger partial charge in [-0.2, -0.15) is 0 Å². The van der Waals surface area contributed by atoms with E-state index in [2.05, 4.69) is 10.6 Å². The van der Waals surface area contributed by atoms with Gasteiger partial charge in [0, 0.05) is 11.4 Å². The van der Waals surface area contributed by atoms with Gasteiger partial charge >= 0.3 is 5.97 Å². The molecule has 1 heterocycles. The molecule has 1 atom stereocenters. The number of amides is 2. The second kappa shape index (κ2) is 10.4. The maximum absolute atomic E-state index is 12.7. The summed E-state index contributed by atoms with van der Waals surface area (Å²) in [5.74, 6) is -1.22. The summed E-state index contributed by atoms with van der Waals surface area (Å²) in [6, 6.07) is 22.5. The topological polar surface area (TPSA) is 84.5 Å². The summed E-state index contributed by atoms with van der Waals surface area (Å²) in [6.45, 7) is 1.97. The van der Waals surface area contributed by atoms with Crippen LogP contribution in [0.3, 0.4) is 0 Å². The van der Waals surface area contributed by atoms with Gasteiger partial charge in [-0.15, -0.1) is 11.8 Å². The van der Waals surface area contributed by atoms with Crippen molar-refractivity contribution in [2.45, 2.75) is 30.0 Å². The fourth-order valence-corrected chi connectivity index (χ4v) is 4.70. The average Bonchev–Trinajstić information content (AvgIpc) is 3.27. The van der Waals surface area contributed by atoms with Crippen LogP contribution in [0.2, 0.25) is 0 Å². The average molecular weight is 461 g/mol. The zero-order valence-corrected chi connectivity index (χ0v) is 19.0.